The minimum atomic E-state index is -4.09. The zero-order valence-electron chi connectivity index (χ0n) is 7.04. The van der Waals surface area contributed by atoms with Crippen LogP contribution in [-0.4, -0.2) is 30.1 Å². The highest BCUT2D eigenvalue weighted by Crippen LogP contribution is 2.27. The normalized spacial score (nSPS) is 25.1. The van der Waals surface area contributed by atoms with Crippen LogP contribution in [0.3, 0.4) is 0 Å². The summed E-state index contributed by atoms with van der Waals surface area (Å²) in [5, 5.41) is 19.7. The molecule has 0 aliphatic carbocycles. The van der Waals surface area contributed by atoms with E-state index in [0.717, 1.165) is 6.92 Å². The van der Waals surface area contributed by atoms with Gasteiger partial charge in [-0.2, -0.15) is 0 Å². The summed E-state index contributed by atoms with van der Waals surface area (Å²) < 4.78 is 22.2. The van der Waals surface area contributed by atoms with Crippen LogP contribution in [0.5, 0.6) is 0 Å². The van der Waals surface area contributed by atoms with Crippen molar-refractivity contribution in [1.29, 1.82) is 0 Å². The fourth-order valence-corrected chi connectivity index (χ4v) is 3.08. The third-order valence-corrected chi connectivity index (χ3v) is 3.74. The fraction of sp³-hybridized carbons (Fsp3) is 0.600. The molecule has 78 valence electrons. The fourth-order valence-electron chi connectivity index (χ4n) is 1.28. The second-order valence-electron chi connectivity index (χ2n) is 2.83. The molecule has 8 nitrogen and oxygen atoms in total. The van der Waals surface area contributed by atoms with Crippen LogP contribution in [0.2, 0.25) is 0 Å². The highest BCUT2D eigenvalue weighted by Gasteiger charge is 2.49. The molecule has 0 spiro atoms. The summed E-state index contributed by atoms with van der Waals surface area (Å²) in [7, 11) is -4.09. The first-order valence-electron chi connectivity index (χ1n) is 3.49. The van der Waals surface area contributed by atoms with E-state index in [1.807, 2.05) is 0 Å². The molecule has 1 rings (SSSR count). The Morgan fingerprint density at radius 1 is 1.36 bits per heavy atom. The summed E-state index contributed by atoms with van der Waals surface area (Å²) in [5.41, 5.74) is -0.306. The molecule has 1 atom stereocenters. The van der Waals surface area contributed by atoms with E-state index >= 15 is 0 Å². The maximum Gasteiger partial charge on any atom is 0.365 e. The van der Waals surface area contributed by atoms with Gasteiger partial charge in [0.1, 0.15) is 5.75 Å². The summed E-state index contributed by atoms with van der Waals surface area (Å²) in [6.07, 6.45) is 0. The SMILES string of the molecule is CC1=C([N+](=O)[O-])S(=O)(=O)CC1[N+](=O)[O-]. The van der Waals surface area contributed by atoms with E-state index in [1.165, 1.54) is 0 Å². The second kappa shape index (κ2) is 3.01. The van der Waals surface area contributed by atoms with E-state index in [1.54, 1.807) is 0 Å². The van der Waals surface area contributed by atoms with E-state index in [-0.39, 0.29) is 5.57 Å². The van der Waals surface area contributed by atoms with Crippen molar-refractivity contribution in [3.8, 4) is 0 Å². The molecule has 0 bridgehead atoms. The Hall–Kier alpha value is -1.51. The van der Waals surface area contributed by atoms with Crippen LogP contribution in [0.15, 0.2) is 10.6 Å². The highest BCUT2D eigenvalue weighted by molar-refractivity contribution is 7.95. The highest BCUT2D eigenvalue weighted by atomic mass is 32.2. The van der Waals surface area contributed by atoms with Crippen LogP contribution in [0, 0.1) is 20.2 Å². The van der Waals surface area contributed by atoms with Gasteiger partial charge in [-0.25, -0.2) is 8.42 Å². The maximum absolute atomic E-state index is 11.1. The van der Waals surface area contributed by atoms with Gasteiger partial charge in [0.05, 0.1) is 10.5 Å². The number of hydrogen-bond acceptors (Lipinski definition) is 6. The Morgan fingerprint density at radius 3 is 2.07 bits per heavy atom. The molecule has 1 unspecified atom stereocenters. The van der Waals surface area contributed by atoms with Gasteiger partial charge in [0.25, 0.3) is 15.9 Å². The molecular weight excluding hydrogens is 216 g/mol. The predicted octanol–water partition coefficient (Wildman–Crippen LogP) is -0.432. The lowest BCUT2D eigenvalue weighted by atomic mass is 10.2. The molecular formula is C5H6N2O6S. The van der Waals surface area contributed by atoms with Crippen molar-refractivity contribution in [2.75, 3.05) is 5.75 Å². The molecule has 0 aromatic rings. The largest absolute Gasteiger partial charge is 0.365 e. The van der Waals surface area contributed by atoms with Gasteiger partial charge in [-0.15, -0.1) is 0 Å². The molecule has 14 heavy (non-hydrogen) atoms. The van der Waals surface area contributed by atoms with Crippen LogP contribution in [-0.2, 0) is 9.84 Å². The van der Waals surface area contributed by atoms with Gasteiger partial charge < -0.3 is 0 Å². The molecule has 0 saturated heterocycles. The molecule has 9 heteroatoms. The third-order valence-electron chi connectivity index (χ3n) is 1.93. The average molecular weight is 222 g/mol. The van der Waals surface area contributed by atoms with Crippen molar-refractivity contribution >= 4 is 9.84 Å². The lowest BCUT2D eigenvalue weighted by Gasteiger charge is -1.97. The van der Waals surface area contributed by atoms with Crippen molar-refractivity contribution in [1.82, 2.24) is 0 Å². The van der Waals surface area contributed by atoms with Crippen LogP contribution in [0.1, 0.15) is 6.92 Å². The van der Waals surface area contributed by atoms with Crippen LogP contribution >= 0.6 is 0 Å². The van der Waals surface area contributed by atoms with Gasteiger partial charge in [-0.1, -0.05) is 0 Å². The minimum Gasteiger partial charge on any atom is -0.264 e. The van der Waals surface area contributed by atoms with Gasteiger partial charge in [-0.3, -0.25) is 20.2 Å². The van der Waals surface area contributed by atoms with Crippen LogP contribution < -0.4 is 0 Å². The van der Waals surface area contributed by atoms with Crippen molar-refractivity contribution < 1.29 is 18.3 Å². The first-order chi connectivity index (χ1) is 6.27. The van der Waals surface area contributed by atoms with E-state index in [0.29, 0.717) is 0 Å². The summed E-state index contributed by atoms with van der Waals surface area (Å²) in [6.45, 7) is 1.09. The monoisotopic (exact) mass is 222 g/mol. The summed E-state index contributed by atoms with van der Waals surface area (Å²) in [5.74, 6) is -0.817. The van der Waals surface area contributed by atoms with E-state index in [9.17, 15) is 28.6 Å². The number of rotatable bonds is 2. The Kier molecular flexibility index (Phi) is 2.27. The molecule has 0 aromatic carbocycles. The van der Waals surface area contributed by atoms with Crippen LogP contribution in [0.4, 0.5) is 0 Å². The zero-order chi connectivity index (χ0) is 11.1. The van der Waals surface area contributed by atoms with Crippen LogP contribution in [0.25, 0.3) is 0 Å². The smallest absolute Gasteiger partial charge is 0.264 e. The molecule has 0 saturated carbocycles. The second-order valence-corrected chi connectivity index (χ2v) is 4.78. The number of hydrogen-bond donors (Lipinski definition) is 0. The number of sulfone groups is 1. The van der Waals surface area contributed by atoms with E-state index in [4.69, 9.17) is 0 Å². The van der Waals surface area contributed by atoms with Crippen molar-refractivity contribution in [2.45, 2.75) is 13.0 Å². The maximum atomic E-state index is 11.1. The molecule has 0 amide bonds. The first-order valence-corrected chi connectivity index (χ1v) is 5.14. The zero-order valence-corrected chi connectivity index (χ0v) is 7.85. The lowest BCUT2D eigenvalue weighted by molar-refractivity contribution is -0.507. The number of nitro groups is 2. The Bertz CT molecular complexity index is 435. The Morgan fingerprint density at radius 2 is 1.86 bits per heavy atom. The molecule has 0 fully saturated rings. The van der Waals surface area contributed by atoms with Gasteiger partial charge in [0, 0.05) is 4.92 Å². The first kappa shape index (κ1) is 10.6. The summed E-state index contributed by atoms with van der Waals surface area (Å²) >= 11 is 0. The minimum absolute atomic E-state index is 0.306. The summed E-state index contributed by atoms with van der Waals surface area (Å²) in [4.78, 5) is 18.8. The Balaban J connectivity index is 3.34. The van der Waals surface area contributed by atoms with Gasteiger partial charge in [0.15, 0.2) is 0 Å². The predicted molar refractivity (Wildman–Crippen MR) is 44.3 cm³/mol. The lowest BCUT2D eigenvalue weighted by Crippen LogP contribution is -2.23. The third kappa shape index (κ3) is 1.45. The van der Waals surface area contributed by atoms with Gasteiger partial charge >= 0.3 is 5.03 Å². The van der Waals surface area contributed by atoms with Crippen molar-refractivity contribution in [2.24, 2.45) is 0 Å². The van der Waals surface area contributed by atoms with Gasteiger partial charge in [-0.05, 0) is 6.92 Å². The summed E-state index contributed by atoms with van der Waals surface area (Å²) in [6, 6.07) is -1.49. The Labute approximate surface area is 78.4 Å². The topological polar surface area (TPSA) is 120 Å². The van der Waals surface area contributed by atoms with Crippen molar-refractivity contribution in [3.05, 3.63) is 30.8 Å². The molecule has 1 heterocycles. The molecule has 0 radical (unpaired) electrons. The molecule has 0 N–H and O–H groups in total. The van der Waals surface area contributed by atoms with Gasteiger partial charge in [0.2, 0.25) is 0 Å². The quantitative estimate of drug-likeness (QED) is 0.461. The van der Waals surface area contributed by atoms with Crippen molar-refractivity contribution in [3.63, 3.8) is 0 Å². The standard InChI is InChI=1S/C5H6N2O6S/c1-3-4(6(8)9)2-14(12,13)5(3)7(10)11/h4H,2H2,1H3. The molecule has 1 aliphatic rings. The number of nitrogens with zero attached hydrogens (tertiary/aromatic N) is 2. The average Bonchev–Trinajstić information content (AvgIpc) is 2.20. The van der Waals surface area contributed by atoms with E-state index in [2.05, 4.69) is 0 Å². The molecule has 0 aromatic heterocycles. The van der Waals surface area contributed by atoms with E-state index < -0.39 is 36.5 Å². The molecule has 1 aliphatic heterocycles.